The largest absolute Gasteiger partial charge is 0.399 e. The fourth-order valence-corrected chi connectivity index (χ4v) is 2.07. The number of benzene rings is 1. The van der Waals surface area contributed by atoms with Gasteiger partial charge in [-0.2, -0.15) is 0 Å². The first-order valence-electron chi connectivity index (χ1n) is 7.01. The fourth-order valence-electron chi connectivity index (χ4n) is 2.07. The van der Waals surface area contributed by atoms with Gasteiger partial charge in [0.15, 0.2) is 0 Å². The minimum atomic E-state index is 0.123. The van der Waals surface area contributed by atoms with Crippen molar-refractivity contribution in [2.75, 3.05) is 25.4 Å². The number of amides is 1. The van der Waals surface area contributed by atoms with Gasteiger partial charge >= 0.3 is 0 Å². The molecule has 4 nitrogen and oxygen atoms in total. The summed E-state index contributed by atoms with van der Waals surface area (Å²) >= 11 is 0. The second kappa shape index (κ2) is 6.57. The van der Waals surface area contributed by atoms with Gasteiger partial charge in [0.25, 0.3) is 0 Å². The van der Waals surface area contributed by atoms with Gasteiger partial charge in [-0.3, -0.25) is 9.69 Å². The molecule has 1 amide bonds. The molecule has 104 valence electrons. The maximum Gasteiger partial charge on any atom is 0.234 e. The standard InChI is InChI=1S/C15H23N3O/c1-2-18(10-13-4-3-5-14(16)8-13)11-15(19)17-9-12-6-7-12/h3-5,8,12H,2,6-7,9-11,16H2,1H3,(H,17,19). The molecule has 0 unspecified atom stereocenters. The highest BCUT2D eigenvalue weighted by Gasteiger charge is 2.21. The van der Waals surface area contributed by atoms with Crippen LogP contribution in [0.5, 0.6) is 0 Å². The van der Waals surface area contributed by atoms with Crippen molar-refractivity contribution in [2.24, 2.45) is 5.92 Å². The highest BCUT2D eigenvalue weighted by Crippen LogP contribution is 2.27. The van der Waals surface area contributed by atoms with Crippen LogP contribution in [0, 0.1) is 5.92 Å². The molecule has 0 spiro atoms. The van der Waals surface area contributed by atoms with E-state index in [1.807, 2.05) is 24.3 Å². The number of carbonyl (C=O) groups is 1. The van der Waals surface area contributed by atoms with Crippen LogP contribution < -0.4 is 11.1 Å². The highest BCUT2D eigenvalue weighted by molar-refractivity contribution is 5.78. The molecule has 1 aliphatic rings. The van der Waals surface area contributed by atoms with E-state index in [9.17, 15) is 4.79 Å². The van der Waals surface area contributed by atoms with Gasteiger partial charge < -0.3 is 11.1 Å². The number of anilines is 1. The molecule has 1 fully saturated rings. The quantitative estimate of drug-likeness (QED) is 0.733. The lowest BCUT2D eigenvalue weighted by molar-refractivity contribution is -0.122. The first-order chi connectivity index (χ1) is 9.17. The third-order valence-electron chi connectivity index (χ3n) is 3.46. The molecule has 3 N–H and O–H groups in total. The van der Waals surface area contributed by atoms with E-state index < -0.39 is 0 Å². The number of hydrogen-bond donors (Lipinski definition) is 2. The average Bonchev–Trinajstić information content (AvgIpc) is 3.19. The van der Waals surface area contributed by atoms with Gasteiger partial charge in [0.1, 0.15) is 0 Å². The van der Waals surface area contributed by atoms with E-state index in [1.54, 1.807) is 0 Å². The summed E-state index contributed by atoms with van der Waals surface area (Å²) in [6.07, 6.45) is 2.53. The molecule has 0 saturated heterocycles. The van der Waals surface area contributed by atoms with Gasteiger partial charge in [-0.25, -0.2) is 0 Å². The summed E-state index contributed by atoms with van der Waals surface area (Å²) in [5.41, 5.74) is 7.69. The van der Waals surface area contributed by atoms with Crippen molar-refractivity contribution in [3.8, 4) is 0 Å². The zero-order chi connectivity index (χ0) is 13.7. The molecule has 0 atom stereocenters. The highest BCUT2D eigenvalue weighted by atomic mass is 16.2. The molecule has 4 heteroatoms. The molecule has 0 radical (unpaired) electrons. The molecule has 1 aliphatic carbocycles. The summed E-state index contributed by atoms with van der Waals surface area (Å²) in [4.78, 5) is 13.9. The molecule has 2 rings (SSSR count). The molecule has 0 bridgehead atoms. The van der Waals surface area contributed by atoms with Crippen LogP contribution in [0.25, 0.3) is 0 Å². The van der Waals surface area contributed by atoms with Crippen molar-refractivity contribution in [2.45, 2.75) is 26.3 Å². The average molecular weight is 261 g/mol. The van der Waals surface area contributed by atoms with Gasteiger partial charge in [-0.05, 0) is 43.0 Å². The molecule has 1 aromatic rings. The summed E-state index contributed by atoms with van der Waals surface area (Å²) in [6.45, 7) is 4.98. The maximum absolute atomic E-state index is 11.8. The van der Waals surface area contributed by atoms with Crippen LogP contribution in [0.15, 0.2) is 24.3 Å². The number of likely N-dealkylation sites (N-methyl/N-ethyl adjacent to an activating group) is 1. The van der Waals surface area contributed by atoms with E-state index in [0.29, 0.717) is 6.54 Å². The van der Waals surface area contributed by atoms with E-state index in [4.69, 9.17) is 5.73 Å². The van der Waals surface area contributed by atoms with Crippen LogP contribution >= 0.6 is 0 Å². The van der Waals surface area contributed by atoms with Gasteiger partial charge in [-0.15, -0.1) is 0 Å². The number of hydrogen-bond acceptors (Lipinski definition) is 3. The van der Waals surface area contributed by atoms with E-state index in [1.165, 1.54) is 12.8 Å². The lowest BCUT2D eigenvalue weighted by Crippen LogP contribution is -2.37. The van der Waals surface area contributed by atoms with Crippen molar-refractivity contribution in [3.05, 3.63) is 29.8 Å². The second-order valence-corrected chi connectivity index (χ2v) is 5.30. The van der Waals surface area contributed by atoms with Gasteiger partial charge in [0, 0.05) is 18.8 Å². The topological polar surface area (TPSA) is 58.4 Å². The zero-order valence-corrected chi connectivity index (χ0v) is 11.6. The first-order valence-corrected chi connectivity index (χ1v) is 7.01. The van der Waals surface area contributed by atoms with Crippen molar-refractivity contribution in [3.63, 3.8) is 0 Å². The summed E-state index contributed by atoms with van der Waals surface area (Å²) in [7, 11) is 0. The predicted molar refractivity (Wildman–Crippen MR) is 77.5 cm³/mol. The Morgan fingerprint density at radius 1 is 1.47 bits per heavy atom. The van der Waals surface area contributed by atoms with Crippen LogP contribution in [-0.4, -0.2) is 30.4 Å². The molecule has 0 heterocycles. The lowest BCUT2D eigenvalue weighted by atomic mass is 10.2. The Balaban J connectivity index is 1.79. The van der Waals surface area contributed by atoms with Crippen LogP contribution in [0.2, 0.25) is 0 Å². The van der Waals surface area contributed by atoms with E-state index >= 15 is 0 Å². The van der Waals surface area contributed by atoms with Gasteiger partial charge in [-0.1, -0.05) is 19.1 Å². The number of nitrogens with zero attached hydrogens (tertiary/aromatic N) is 1. The summed E-state index contributed by atoms with van der Waals surface area (Å²) < 4.78 is 0. The summed E-state index contributed by atoms with van der Waals surface area (Å²) in [5, 5.41) is 3.00. The normalized spacial score (nSPS) is 14.6. The smallest absolute Gasteiger partial charge is 0.234 e. The Labute approximate surface area is 115 Å². The van der Waals surface area contributed by atoms with Crippen molar-refractivity contribution < 1.29 is 4.79 Å². The van der Waals surface area contributed by atoms with E-state index in [2.05, 4.69) is 17.1 Å². The second-order valence-electron chi connectivity index (χ2n) is 5.30. The number of nitrogens with two attached hydrogens (primary N) is 1. The Bertz CT molecular complexity index is 429. The van der Waals surface area contributed by atoms with Crippen molar-refractivity contribution >= 4 is 11.6 Å². The molecule has 1 saturated carbocycles. The Hall–Kier alpha value is -1.55. The van der Waals surface area contributed by atoms with Crippen LogP contribution in [0.1, 0.15) is 25.3 Å². The summed E-state index contributed by atoms with van der Waals surface area (Å²) in [5.74, 6) is 0.852. The van der Waals surface area contributed by atoms with Crippen molar-refractivity contribution in [1.82, 2.24) is 10.2 Å². The minimum Gasteiger partial charge on any atom is -0.399 e. The summed E-state index contributed by atoms with van der Waals surface area (Å²) in [6, 6.07) is 7.83. The lowest BCUT2D eigenvalue weighted by Gasteiger charge is -2.20. The van der Waals surface area contributed by atoms with Crippen LogP contribution in [0.4, 0.5) is 5.69 Å². The first kappa shape index (κ1) is 13.9. The maximum atomic E-state index is 11.8. The molecule has 19 heavy (non-hydrogen) atoms. The van der Waals surface area contributed by atoms with E-state index in [-0.39, 0.29) is 5.91 Å². The SMILES string of the molecule is CCN(CC(=O)NCC1CC1)Cc1cccc(N)c1. The Morgan fingerprint density at radius 3 is 2.89 bits per heavy atom. The van der Waals surface area contributed by atoms with Crippen molar-refractivity contribution in [1.29, 1.82) is 0 Å². The number of nitrogens with one attached hydrogen (secondary N) is 1. The third kappa shape index (κ3) is 4.91. The molecule has 0 aliphatic heterocycles. The molecule has 1 aromatic carbocycles. The predicted octanol–water partition coefficient (Wildman–Crippen LogP) is 1.62. The molecular weight excluding hydrogens is 238 g/mol. The molecular formula is C15H23N3O. The molecule has 0 aromatic heterocycles. The Morgan fingerprint density at radius 2 is 2.26 bits per heavy atom. The Kier molecular flexibility index (Phi) is 4.80. The number of carbonyl (C=O) groups excluding carboxylic acids is 1. The van der Waals surface area contributed by atoms with Gasteiger partial charge in [0.05, 0.1) is 6.54 Å². The fraction of sp³-hybridized carbons (Fsp3) is 0.533. The third-order valence-corrected chi connectivity index (χ3v) is 3.46. The van der Waals surface area contributed by atoms with Crippen LogP contribution in [-0.2, 0) is 11.3 Å². The zero-order valence-electron chi connectivity index (χ0n) is 11.6. The number of rotatable bonds is 7. The number of nitrogen functional groups attached to an aromatic ring is 1. The minimum absolute atomic E-state index is 0.123. The van der Waals surface area contributed by atoms with E-state index in [0.717, 1.165) is 36.8 Å². The van der Waals surface area contributed by atoms with Crippen LogP contribution in [0.3, 0.4) is 0 Å². The monoisotopic (exact) mass is 261 g/mol. The van der Waals surface area contributed by atoms with Gasteiger partial charge in [0.2, 0.25) is 5.91 Å².